The lowest BCUT2D eigenvalue weighted by Crippen LogP contribution is -2.23. The van der Waals surface area contributed by atoms with E-state index >= 15 is 0 Å². The molecule has 7 heteroatoms. The zero-order chi connectivity index (χ0) is 18.6. The fourth-order valence-corrected chi connectivity index (χ4v) is 3.21. The van der Waals surface area contributed by atoms with Gasteiger partial charge in [0.2, 0.25) is 0 Å². The summed E-state index contributed by atoms with van der Waals surface area (Å²) >= 11 is 0. The molecule has 3 aromatic rings. The van der Waals surface area contributed by atoms with Crippen LogP contribution >= 0.6 is 0 Å². The zero-order valence-corrected chi connectivity index (χ0v) is 15.1. The summed E-state index contributed by atoms with van der Waals surface area (Å²) in [5.74, 6) is 0.594. The minimum absolute atomic E-state index is 0.243. The molecule has 1 aromatic heterocycles. The molecule has 0 unspecified atom stereocenters. The second-order valence-electron chi connectivity index (χ2n) is 6.47. The third-order valence-electron chi connectivity index (χ3n) is 4.63. The number of nitrogens with zero attached hydrogens (tertiary/aromatic N) is 4. The monoisotopic (exact) mass is 368 g/mol. The van der Waals surface area contributed by atoms with Crippen molar-refractivity contribution in [3.8, 4) is 5.75 Å². The highest BCUT2D eigenvalue weighted by Gasteiger charge is 2.29. The van der Waals surface area contributed by atoms with Gasteiger partial charge in [0.15, 0.2) is 6.23 Å². The van der Waals surface area contributed by atoms with Crippen molar-refractivity contribution in [1.82, 2.24) is 19.9 Å². The molecule has 0 N–H and O–H groups in total. The van der Waals surface area contributed by atoms with Crippen LogP contribution < -0.4 is 4.74 Å². The van der Waals surface area contributed by atoms with Gasteiger partial charge in [-0.3, -0.25) is 4.90 Å². The predicted octanol–water partition coefficient (Wildman–Crippen LogP) is 3.01. The van der Waals surface area contributed by atoms with E-state index in [0.29, 0.717) is 18.7 Å². The van der Waals surface area contributed by atoms with E-state index in [1.54, 1.807) is 23.9 Å². The van der Waals surface area contributed by atoms with Gasteiger partial charge in [0.05, 0.1) is 26.5 Å². The third-order valence-corrected chi connectivity index (χ3v) is 4.63. The molecule has 0 radical (unpaired) electrons. The van der Waals surface area contributed by atoms with Gasteiger partial charge in [-0.15, -0.1) is 5.10 Å². The Labute approximate surface area is 157 Å². The van der Waals surface area contributed by atoms with Crippen molar-refractivity contribution in [1.29, 1.82) is 0 Å². The Morgan fingerprint density at radius 2 is 1.96 bits per heavy atom. The van der Waals surface area contributed by atoms with Crippen LogP contribution in [0, 0.1) is 5.82 Å². The quantitative estimate of drug-likeness (QED) is 0.670. The first-order valence-electron chi connectivity index (χ1n) is 8.85. The second kappa shape index (κ2) is 7.85. The van der Waals surface area contributed by atoms with Crippen LogP contribution in [0.1, 0.15) is 23.0 Å². The van der Waals surface area contributed by atoms with E-state index in [1.165, 1.54) is 11.6 Å². The highest BCUT2D eigenvalue weighted by Crippen LogP contribution is 2.27. The lowest BCUT2D eigenvalue weighted by molar-refractivity contribution is 0.0252. The summed E-state index contributed by atoms with van der Waals surface area (Å²) in [6, 6.07) is 14.7. The summed E-state index contributed by atoms with van der Waals surface area (Å²) in [4.78, 5) is 2.21. The molecule has 0 amide bonds. The smallest absolute Gasteiger partial charge is 0.157 e. The second-order valence-corrected chi connectivity index (χ2v) is 6.47. The first-order chi connectivity index (χ1) is 13.2. The lowest BCUT2D eigenvalue weighted by Gasteiger charge is -2.21. The maximum absolute atomic E-state index is 13.8. The molecule has 2 heterocycles. The Hall–Kier alpha value is -2.77. The molecule has 2 aromatic carbocycles. The first-order valence-corrected chi connectivity index (χ1v) is 8.85. The van der Waals surface area contributed by atoms with Gasteiger partial charge in [-0.25, -0.2) is 9.07 Å². The minimum Gasteiger partial charge on any atom is -0.497 e. The summed E-state index contributed by atoms with van der Waals surface area (Å²) in [7, 11) is 1.66. The molecule has 27 heavy (non-hydrogen) atoms. The summed E-state index contributed by atoms with van der Waals surface area (Å²) in [5, 5.41) is 8.39. The van der Waals surface area contributed by atoms with Crippen molar-refractivity contribution in [2.24, 2.45) is 0 Å². The predicted molar refractivity (Wildman–Crippen MR) is 97.6 cm³/mol. The van der Waals surface area contributed by atoms with Crippen molar-refractivity contribution >= 4 is 0 Å². The van der Waals surface area contributed by atoms with Crippen LogP contribution in [0.25, 0.3) is 0 Å². The average Bonchev–Trinajstić information content (AvgIpc) is 3.33. The van der Waals surface area contributed by atoms with Gasteiger partial charge in [-0.2, -0.15) is 0 Å². The van der Waals surface area contributed by atoms with Gasteiger partial charge in [0, 0.05) is 18.7 Å². The van der Waals surface area contributed by atoms with Crippen LogP contribution in [0.15, 0.2) is 54.7 Å². The maximum atomic E-state index is 13.8. The Bertz CT molecular complexity index is 897. The van der Waals surface area contributed by atoms with Crippen LogP contribution in [-0.2, 0) is 17.8 Å². The normalized spacial score (nSPS) is 17.3. The van der Waals surface area contributed by atoms with Crippen molar-refractivity contribution in [3.05, 3.63) is 77.4 Å². The zero-order valence-electron chi connectivity index (χ0n) is 15.1. The summed E-state index contributed by atoms with van der Waals surface area (Å²) in [5.41, 5.74) is 2.48. The van der Waals surface area contributed by atoms with Crippen LogP contribution in [0.2, 0.25) is 0 Å². The van der Waals surface area contributed by atoms with Crippen molar-refractivity contribution in [2.75, 3.05) is 20.3 Å². The van der Waals surface area contributed by atoms with Crippen LogP contribution in [0.4, 0.5) is 4.39 Å². The standard InChI is InChI=1S/C20H21FN4O2/c1-26-17-8-6-15(7-9-17)12-24-10-11-27-20(24)19-14-25(23-22-19)13-16-4-2-3-5-18(16)21/h2-9,14,20H,10-13H2,1H3/t20-/m0/s1. The number of hydrogen-bond donors (Lipinski definition) is 0. The van der Waals surface area contributed by atoms with E-state index in [0.717, 1.165) is 24.5 Å². The molecule has 4 rings (SSSR count). The molecule has 0 bridgehead atoms. The van der Waals surface area contributed by atoms with E-state index < -0.39 is 0 Å². The molecule has 140 valence electrons. The molecule has 1 aliphatic rings. The minimum atomic E-state index is -0.249. The van der Waals surface area contributed by atoms with Crippen molar-refractivity contribution < 1.29 is 13.9 Å². The van der Waals surface area contributed by atoms with E-state index in [9.17, 15) is 4.39 Å². The van der Waals surface area contributed by atoms with E-state index in [1.807, 2.05) is 36.5 Å². The Morgan fingerprint density at radius 1 is 1.15 bits per heavy atom. The van der Waals surface area contributed by atoms with Gasteiger partial charge >= 0.3 is 0 Å². The Kier molecular flexibility index (Phi) is 5.13. The van der Waals surface area contributed by atoms with Gasteiger partial charge in [0.1, 0.15) is 17.3 Å². The van der Waals surface area contributed by atoms with Gasteiger partial charge in [-0.1, -0.05) is 35.5 Å². The fraction of sp³-hybridized carbons (Fsp3) is 0.300. The van der Waals surface area contributed by atoms with Gasteiger partial charge < -0.3 is 9.47 Å². The van der Waals surface area contributed by atoms with Crippen molar-refractivity contribution in [3.63, 3.8) is 0 Å². The third kappa shape index (κ3) is 3.99. The fourth-order valence-electron chi connectivity index (χ4n) is 3.21. The van der Waals surface area contributed by atoms with E-state index in [-0.39, 0.29) is 12.0 Å². The topological polar surface area (TPSA) is 52.4 Å². The van der Waals surface area contributed by atoms with Crippen LogP contribution in [-0.4, -0.2) is 40.2 Å². The Morgan fingerprint density at radius 3 is 2.74 bits per heavy atom. The van der Waals surface area contributed by atoms with E-state index in [4.69, 9.17) is 9.47 Å². The lowest BCUT2D eigenvalue weighted by atomic mass is 10.2. The van der Waals surface area contributed by atoms with E-state index in [2.05, 4.69) is 15.2 Å². The summed E-state index contributed by atoms with van der Waals surface area (Å²) in [6.07, 6.45) is 1.57. The molecule has 1 aliphatic heterocycles. The molecule has 6 nitrogen and oxygen atoms in total. The molecule has 0 spiro atoms. The molecule has 0 saturated carbocycles. The van der Waals surface area contributed by atoms with Gasteiger partial charge in [-0.05, 0) is 23.8 Å². The maximum Gasteiger partial charge on any atom is 0.157 e. The molecule has 1 atom stereocenters. The molecule has 1 fully saturated rings. The number of aromatic nitrogens is 3. The summed E-state index contributed by atoms with van der Waals surface area (Å²) < 4.78 is 26.5. The Balaban J connectivity index is 1.45. The van der Waals surface area contributed by atoms with Gasteiger partial charge in [0.25, 0.3) is 0 Å². The van der Waals surface area contributed by atoms with Crippen LogP contribution in [0.5, 0.6) is 5.75 Å². The number of hydrogen-bond acceptors (Lipinski definition) is 5. The highest BCUT2D eigenvalue weighted by molar-refractivity contribution is 5.27. The molecular formula is C20H21FN4O2. The number of halogens is 1. The molecular weight excluding hydrogens is 347 g/mol. The summed E-state index contributed by atoms with van der Waals surface area (Å²) in [6.45, 7) is 2.54. The SMILES string of the molecule is COc1ccc(CN2CCO[C@H]2c2cn(Cc3ccccc3F)nn2)cc1. The number of methoxy groups -OCH3 is 1. The largest absolute Gasteiger partial charge is 0.497 e. The molecule has 0 aliphatic carbocycles. The first kappa shape index (κ1) is 17.6. The average molecular weight is 368 g/mol. The number of ether oxygens (including phenoxy) is 2. The number of rotatable bonds is 6. The highest BCUT2D eigenvalue weighted by atomic mass is 19.1. The van der Waals surface area contributed by atoms with Crippen molar-refractivity contribution in [2.45, 2.75) is 19.3 Å². The number of benzene rings is 2. The molecule has 1 saturated heterocycles. The van der Waals surface area contributed by atoms with Crippen LogP contribution in [0.3, 0.4) is 0 Å².